The Morgan fingerprint density at radius 2 is 1.97 bits per heavy atom. The minimum Gasteiger partial charge on any atom is -0.486 e. The van der Waals surface area contributed by atoms with Crippen molar-refractivity contribution < 1.29 is 9.53 Å². The van der Waals surface area contributed by atoms with Crippen molar-refractivity contribution in [2.24, 2.45) is 0 Å². The number of ketones is 1. The number of nitrogens with zero attached hydrogens (tertiary/aromatic N) is 3. The van der Waals surface area contributed by atoms with Gasteiger partial charge in [0.2, 0.25) is 10.7 Å². The van der Waals surface area contributed by atoms with Crippen molar-refractivity contribution in [2.75, 3.05) is 5.73 Å². The number of aromatic nitrogens is 3. The Morgan fingerprint density at radius 1 is 1.23 bits per heavy atom. The van der Waals surface area contributed by atoms with Gasteiger partial charge in [0.05, 0.1) is 15.6 Å². The van der Waals surface area contributed by atoms with Gasteiger partial charge in [-0.25, -0.2) is 0 Å². The van der Waals surface area contributed by atoms with Crippen LogP contribution in [0.1, 0.15) is 16.1 Å². The van der Waals surface area contributed by atoms with E-state index in [1.54, 1.807) is 0 Å². The third-order valence-corrected chi connectivity index (χ3v) is 5.66. The van der Waals surface area contributed by atoms with Gasteiger partial charge in [0.25, 0.3) is 5.56 Å². The number of nitrogens with two attached hydrogens (primary N) is 1. The summed E-state index contributed by atoms with van der Waals surface area (Å²) in [4.78, 5) is 28.6. The Balaban J connectivity index is 1.67. The SMILES string of the molecule is Cc1cccc(OCc2nn3c(N)c(C=C4C=C(Cl)C(=O)C(Cl)=C4)c(=O)nc3s2)c1. The highest BCUT2D eigenvalue weighted by atomic mass is 35.5. The van der Waals surface area contributed by atoms with Crippen LogP contribution in [-0.2, 0) is 11.4 Å². The lowest BCUT2D eigenvalue weighted by atomic mass is 10.1. The van der Waals surface area contributed by atoms with E-state index >= 15 is 0 Å². The van der Waals surface area contributed by atoms with Gasteiger partial charge in [-0.3, -0.25) is 9.59 Å². The molecule has 1 aliphatic rings. The normalized spacial score (nSPS) is 14.0. The first-order valence-corrected chi connectivity index (χ1v) is 10.3. The summed E-state index contributed by atoms with van der Waals surface area (Å²) in [6.07, 6.45) is 4.29. The molecular formula is C20H14Cl2N4O3S. The molecular weight excluding hydrogens is 447 g/mol. The van der Waals surface area contributed by atoms with Gasteiger partial charge in [0.1, 0.15) is 18.2 Å². The summed E-state index contributed by atoms with van der Waals surface area (Å²) in [7, 11) is 0. The molecule has 0 saturated carbocycles. The zero-order valence-electron chi connectivity index (χ0n) is 15.6. The molecule has 0 atom stereocenters. The maximum absolute atomic E-state index is 12.5. The molecule has 0 amide bonds. The maximum Gasteiger partial charge on any atom is 0.283 e. The molecule has 0 aliphatic heterocycles. The van der Waals surface area contributed by atoms with E-state index in [4.69, 9.17) is 33.7 Å². The largest absolute Gasteiger partial charge is 0.486 e. The minimum absolute atomic E-state index is 0.0503. The number of allylic oxidation sites excluding steroid dienone is 5. The van der Waals surface area contributed by atoms with Gasteiger partial charge < -0.3 is 10.5 Å². The van der Waals surface area contributed by atoms with Crippen LogP contribution >= 0.6 is 34.5 Å². The summed E-state index contributed by atoms with van der Waals surface area (Å²) in [5.41, 5.74) is 7.31. The van der Waals surface area contributed by atoms with Gasteiger partial charge in [-0.1, -0.05) is 46.7 Å². The van der Waals surface area contributed by atoms with Crippen molar-refractivity contribution in [2.45, 2.75) is 13.5 Å². The molecule has 152 valence electrons. The van der Waals surface area contributed by atoms with E-state index in [1.165, 1.54) is 34.1 Å². The molecule has 4 rings (SSSR count). The number of nitrogen functional groups attached to an aromatic ring is 1. The van der Waals surface area contributed by atoms with Crippen molar-refractivity contribution in [1.29, 1.82) is 0 Å². The molecule has 0 spiro atoms. The Morgan fingerprint density at radius 3 is 2.67 bits per heavy atom. The number of carbonyl (C=O) groups is 1. The standard InChI is InChI=1S/C20H14Cl2N4O3S/c1-10-3-2-4-12(5-10)29-9-16-25-26-18(23)13(19(28)24-20(26)30-16)6-11-7-14(21)17(27)15(22)8-11/h2-8H,9,23H2,1H3. The second-order valence-electron chi connectivity index (χ2n) is 6.47. The van der Waals surface area contributed by atoms with Crippen LogP contribution in [0.25, 0.3) is 11.0 Å². The monoisotopic (exact) mass is 460 g/mol. The van der Waals surface area contributed by atoms with Crippen LogP contribution in [0.2, 0.25) is 0 Å². The van der Waals surface area contributed by atoms with E-state index in [9.17, 15) is 9.59 Å². The molecule has 0 bridgehead atoms. The quantitative estimate of drug-likeness (QED) is 0.634. The molecule has 2 N–H and O–H groups in total. The Bertz CT molecular complexity index is 1310. The molecule has 2 aromatic heterocycles. The number of hydrogen-bond acceptors (Lipinski definition) is 7. The third-order valence-electron chi connectivity index (χ3n) is 4.22. The zero-order valence-corrected chi connectivity index (χ0v) is 17.9. The Hall–Kier alpha value is -2.94. The predicted octanol–water partition coefficient (Wildman–Crippen LogP) is 3.83. The van der Waals surface area contributed by atoms with Crippen molar-refractivity contribution in [1.82, 2.24) is 14.6 Å². The average molecular weight is 461 g/mol. The first kappa shape index (κ1) is 20.3. The molecule has 7 nitrogen and oxygen atoms in total. The topological polar surface area (TPSA) is 99.6 Å². The maximum atomic E-state index is 12.5. The average Bonchev–Trinajstić information content (AvgIpc) is 3.11. The van der Waals surface area contributed by atoms with Crippen LogP contribution in [-0.4, -0.2) is 20.4 Å². The summed E-state index contributed by atoms with van der Waals surface area (Å²) >= 11 is 13.0. The molecule has 0 unspecified atom stereocenters. The minimum atomic E-state index is -0.527. The molecule has 30 heavy (non-hydrogen) atoms. The highest BCUT2D eigenvalue weighted by Crippen LogP contribution is 2.26. The van der Waals surface area contributed by atoms with Gasteiger partial charge in [-0.15, -0.1) is 0 Å². The van der Waals surface area contributed by atoms with Crippen LogP contribution in [0.4, 0.5) is 5.82 Å². The number of Topliss-reactive ketones (excluding diaryl/α,β-unsaturated/α-hetero) is 1. The van der Waals surface area contributed by atoms with Gasteiger partial charge in [-0.2, -0.15) is 14.6 Å². The molecule has 1 aliphatic carbocycles. The van der Waals surface area contributed by atoms with Gasteiger partial charge in [-0.05, 0) is 48.4 Å². The van der Waals surface area contributed by atoms with Crippen LogP contribution in [0, 0.1) is 6.92 Å². The van der Waals surface area contributed by atoms with Crippen LogP contribution in [0.3, 0.4) is 0 Å². The number of benzene rings is 1. The molecule has 0 radical (unpaired) electrons. The first-order valence-electron chi connectivity index (χ1n) is 8.70. The summed E-state index contributed by atoms with van der Waals surface area (Å²) in [5, 5.41) is 4.91. The predicted molar refractivity (Wildman–Crippen MR) is 118 cm³/mol. The van der Waals surface area contributed by atoms with Gasteiger partial charge in [0, 0.05) is 0 Å². The van der Waals surface area contributed by atoms with Crippen molar-refractivity contribution >= 4 is 57.2 Å². The van der Waals surface area contributed by atoms with Gasteiger partial charge in [0.15, 0.2) is 5.01 Å². The van der Waals surface area contributed by atoms with E-state index in [2.05, 4.69) is 10.1 Å². The van der Waals surface area contributed by atoms with Crippen LogP contribution < -0.4 is 16.0 Å². The summed E-state index contributed by atoms with van der Waals surface area (Å²) < 4.78 is 7.14. The van der Waals surface area contributed by atoms with E-state index < -0.39 is 11.3 Å². The number of anilines is 1. The molecule has 10 heteroatoms. The fraction of sp³-hybridized carbons (Fsp3) is 0.100. The number of fused-ring (bicyclic) bond motifs is 1. The number of ether oxygens (including phenoxy) is 1. The van der Waals surface area contributed by atoms with Gasteiger partial charge >= 0.3 is 0 Å². The fourth-order valence-electron chi connectivity index (χ4n) is 2.79. The van der Waals surface area contributed by atoms with E-state index in [0.29, 0.717) is 21.3 Å². The number of halogens is 2. The highest BCUT2D eigenvalue weighted by molar-refractivity contribution is 7.16. The van der Waals surface area contributed by atoms with Crippen molar-refractivity contribution in [3.63, 3.8) is 0 Å². The third kappa shape index (κ3) is 4.02. The van der Waals surface area contributed by atoms with Crippen LogP contribution in [0.5, 0.6) is 5.75 Å². The number of hydrogen-bond donors (Lipinski definition) is 1. The molecule has 2 heterocycles. The highest BCUT2D eigenvalue weighted by Gasteiger charge is 2.19. The van der Waals surface area contributed by atoms with E-state index in [-0.39, 0.29) is 28.1 Å². The summed E-state index contributed by atoms with van der Waals surface area (Å²) in [5.74, 6) is 0.349. The van der Waals surface area contributed by atoms with Crippen molar-refractivity contribution in [3.8, 4) is 5.75 Å². The lowest BCUT2D eigenvalue weighted by molar-refractivity contribution is -0.111. The Labute approximate surface area is 184 Å². The van der Waals surface area contributed by atoms with E-state index in [1.807, 2.05) is 31.2 Å². The molecule has 0 fully saturated rings. The second kappa shape index (κ2) is 8.06. The number of carbonyl (C=O) groups excluding carboxylic acids is 1. The van der Waals surface area contributed by atoms with Crippen LogP contribution in [0.15, 0.2) is 56.8 Å². The number of rotatable bonds is 4. The van der Waals surface area contributed by atoms with Crippen molar-refractivity contribution in [3.05, 3.63) is 78.5 Å². The Kier molecular flexibility index (Phi) is 5.46. The molecule has 3 aromatic rings. The second-order valence-corrected chi connectivity index (χ2v) is 8.32. The summed E-state index contributed by atoms with van der Waals surface area (Å²) in [6.45, 7) is 2.18. The molecule has 0 saturated heterocycles. The lowest BCUT2D eigenvalue weighted by Gasteiger charge is -2.07. The first-order chi connectivity index (χ1) is 14.3. The zero-order chi connectivity index (χ0) is 21.4. The lowest BCUT2D eigenvalue weighted by Crippen LogP contribution is -2.17. The van der Waals surface area contributed by atoms with E-state index in [0.717, 1.165) is 5.56 Å². The number of aryl methyl sites for hydroxylation is 1. The summed E-state index contributed by atoms with van der Waals surface area (Å²) in [6, 6.07) is 7.65. The fourth-order valence-corrected chi connectivity index (χ4v) is 4.10. The smallest absolute Gasteiger partial charge is 0.283 e. The molecule has 1 aromatic carbocycles.